The number of aromatic hydroxyl groups is 1. The number of nitriles is 1. The summed E-state index contributed by atoms with van der Waals surface area (Å²) in [5, 5.41) is 29.3. The van der Waals surface area contributed by atoms with Crippen molar-refractivity contribution < 1.29 is 10.0 Å². The van der Waals surface area contributed by atoms with E-state index in [1.165, 1.54) is 18.2 Å². The summed E-state index contributed by atoms with van der Waals surface area (Å²) in [7, 11) is 0. The second kappa shape index (κ2) is 4.96. The minimum atomic E-state index is -0.667. The normalized spacial score (nSPS) is 9.89. The van der Waals surface area contributed by atoms with Gasteiger partial charge in [-0.25, -0.2) is 0 Å². The van der Waals surface area contributed by atoms with Crippen LogP contribution in [0.15, 0.2) is 36.4 Å². The van der Waals surface area contributed by atoms with Gasteiger partial charge in [0.15, 0.2) is 5.75 Å². The van der Waals surface area contributed by atoms with Crippen LogP contribution in [-0.2, 0) is 0 Å². The maximum absolute atomic E-state index is 10.8. The number of phenolic OH excluding ortho intramolecular Hbond substituents is 1. The van der Waals surface area contributed by atoms with Gasteiger partial charge in [-0.1, -0.05) is 23.7 Å². The maximum Gasteiger partial charge on any atom is 0.311 e. The van der Waals surface area contributed by atoms with Crippen LogP contribution in [0.3, 0.4) is 0 Å². The number of nitro groups is 1. The van der Waals surface area contributed by atoms with Crippen molar-refractivity contribution in [3.8, 4) is 22.9 Å². The SMILES string of the molecule is N#Cc1cc(-c2ccc(O)c([N+](=O)[O-])c2)ccc1Cl. The van der Waals surface area contributed by atoms with Crippen LogP contribution in [0.2, 0.25) is 5.02 Å². The molecule has 6 heteroatoms. The van der Waals surface area contributed by atoms with Crippen molar-refractivity contribution in [2.75, 3.05) is 0 Å². The fourth-order valence-corrected chi connectivity index (χ4v) is 1.80. The summed E-state index contributed by atoms with van der Waals surface area (Å²) in [5.41, 5.74) is 1.04. The highest BCUT2D eigenvalue weighted by molar-refractivity contribution is 6.31. The summed E-state index contributed by atoms with van der Waals surface area (Å²) >= 11 is 5.82. The molecule has 0 aliphatic carbocycles. The van der Waals surface area contributed by atoms with Crippen molar-refractivity contribution in [1.82, 2.24) is 0 Å². The highest BCUT2D eigenvalue weighted by Gasteiger charge is 2.14. The van der Waals surface area contributed by atoms with Crippen LogP contribution >= 0.6 is 11.6 Å². The lowest BCUT2D eigenvalue weighted by Gasteiger charge is -2.04. The molecule has 0 amide bonds. The molecule has 0 aromatic heterocycles. The van der Waals surface area contributed by atoms with Crippen molar-refractivity contribution in [1.29, 1.82) is 5.26 Å². The van der Waals surface area contributed by atoms with E-state index in [-0.39, 0.29) is 11.3 Å². The first-order valence-corrected chi connectivity index (χ1v) is 5.58. The highest BCUT2D eigenvalue weighted by Crippen LogP contribution is 2.32. The van der Waals surface area contributed by atoms with Crippen molar-refractivity contribution in [2.45, 2.75) is 0 Å². The lowest BCUT2D eigenvalue weighted by Crippen LogP contribution is -1.90. The van der Waals surface area contributed by atoms with Gasteiger partial charge >= 0.3 is 5.69 Å². The van der Waals surface area contributed by atoms with Crippen LogP contribution in [0.1, 0.15) is 5.56 Å². The number of hydrogen-bond acceptors (Lipinski definition) is 4. The zero-order valence-electron chi connectivity index (χ0n) is 9.50. The standard InChI is InChI=1S/C13H7ClN2O3/c14-11-3-1-8(5-10(11)7-15)9-2-4-13(17)12(6-9)16(18)19/h1-6,17H. The number of nitrogens with zero attached hydrogens (tertiary/aromatic N) is 2. The molecule has 0 radical (unpaired) electrons. The Balaban J connectivity index is 2.57. The second-order valence-electron chi connectivity index (χ2n) is 3.77. The number of rotatable bonds is 2. The molecule has 2 aromatic rings. The van der Waals surface area contributed by atoms with Crippen LogP contribution in [0.4, 0.5) is 5.69 Å². The summed E-state index contributed by atoms with van der Waals surface area (Å²) in [5.74, 6) is -0.400. The van der Waals surface area contributed by atoms with E-state index in [1.807, 2.05) is 6.07 Å². The van der Waals surface area contributed by atoms with Crippen molar-refractivity contribution in [3.63, 3.8) is 0 Å². The molecule has 0 saturated heterocycles. The molecule has 0 aliphatic heterocycles. The van der Waals surface area contributed by atoms with E-state index in [9.17, 15) is 15.2 Å². The Morgan fingerprint density at radius 2 is 1.84 bits per heavy atom. The number of hydrogen-bond donors (Lipinski definition) is 1. The average Bonchev–Trinajstić information content (AvgIpc) is 2.39. The molecule has 2 rings (SSSR count). The number of benzene rings is 2. The van der Waals surface area contributed by atoms with Crippen LogP contribution in [0, 0.1) is 21.4 Å². The molecule has 0 atom stereocenters. The van der Waals surface area contributed by atoms with Gasteiger partial charge in [0.1, 0.15) is 6.07 Å². The maximum atomic E-state index is 10.8. The Kier molecular flexibility index (Phi) is 3.36. The van der Waals surface area contributed by atoms with E-state index in [1.54, 1.807) is 18.2 Å². The summed E-state index contributed by atoms with van der Waals surface area (Å²) in [6.07, 6.45) is 0. The minimum absolute atomic E-state index is 0.287. The molecule has 0 aliphatic rings. The van der Waals surface area contributed by atoms with Crippen LogP contribution in [0.25, 0.3) is 11.1 Å². The van der Waals surface area contributed by atoms with E-state index in [2.05, 4.69) is 0 Å². The van der Waals surface area contributed by atoms with E-state index < -0.39 is 10.7 Å². The molecule has 19 heavy (non-hydrogen) atoms. The summed E-state index contributed by atoms with van der Waals surface area (Å²) < 4.78 is 0. The number of nitro benzene ring substituents is 1. The molecule has 0 bridgehead atoms. The lowest BCUT2D eigenvalue weighted by atomic mass is 10.0. The first-order chi connectivity index (χ1) is 9.02. The van der Waals surface area contributed by atoms with Crippen molar-refractivity contribution in [3.05, 3.63) is 57.1 Å². The molecular weight excluding hydrogens is 268 g/mol. The fraction of sp³-hybridized carbons (Fsp3) is 0. The zero-order chi connectivity index (χ0) is 14.0. The third-order valence-electron chi connectivity index (χ3n) is 2.59. The molecule has 2 aromatic carbocycles. The van der Waals surface area contributed by atoms with Crippen LogP contribution < -0.4 is 0 Å². The highest BCUT2D eigenvalue weighted by atomic mass is 35.5. The molecule has 0 heterocycles. The lowest BCUT2D eigenvalue weighted by molar-refractivity contribution is -0.385. The van der Waals surface area contributed by atoms with E-state index >= 15 is 0 Å². The van der Waals surface area contributed by atoms with Crippen LogP contribution in [0.5, 0.6) is 5.75 Å². The predicted octanol–water partition coefficient (Wildman–Crippen LogP) is 3.49. The van der Waals surface area contributed by atoms with Gasteiger partial charge in [0.25, 0.3) is 0 Å². The third-order valence-corrected chi connectivity index (χ3v) is 2.92. The van der Waals surface area contributed by atoms with Gasteiger partial charge < -0.3 is 5.11 Å². The Labute approximate surface area is 113 Å². The minimum Gasteiger partial charge on any atom is -0.502 e. The summed E-state index contributed by atoms with van der Waals surface area (Å²) in [6.45, 7) is 0. The topological polar surface area (TPSA) is 87.2 Å². The quantitative estimate of drug-likeness (QED) is 0.671. The smallest absolute Gasteiger partial charge is 0.311 e. The first-order valence-electron chi connectivity index (χ1n) is 5.20. The largest absolute Gasteiger partial charge is 0.502 e. The van der Waals surface area contributed by atoms with Gasteiger partial charge in [-0.05, 0) is 29.3 Å². The van der Waals surface area contributed by atoms with Gasteiger partial charge in [0.2, 0.25) is 0 Å². The monoisotopic (exact) mass is 274 g/mol. The molecule has 0 saturated carbocycles. The van der Waals surface area contributed by atoms with Gasteiger partial charge in [-0.2, -0.15) is 5.26 Å². The van der Waals surface area contributed by atoms with Gasteiger partial charge in [-0.15, -0.1) is 0 Å². The Morgan fingerprint density at radius 3 is 2.47 bits per heavy atom. The van der Waals surface area contributed by atoms with E-state index in [0.29, 0.717) is 16.1 Å². The Bertz CT molecular complexity index is 708. The summed E-state index contributed by atoms with van der Waals surface area (Å²) in [4.78, 5) is 10.1. The Hall–Kier alpha value is -2.58. The second-order valence-corrected chi connectivity index (χ2v) is 4.17. The molecule has 0 fully saturated rings. The van der Waals surface area contributed by atoms with Crippen molar-refractivity contribution in [2.24, 2.45) is 0 Å². The van der Waals surface area contributed by atoms with Gasteiger partial charge in [0, 0.05) is 6.07 Å². The van der Waals surface area contributed by atoms with Crippen molar-refractivity contribution >= 4 is 17.3 Å². The molecule has 0 spiro atoms. The van der Waals surface area contributed by atoms with Crippen LogP contribution in [-0.4, -0.2) is 10.0 Å². The average molecular weight is 275 g/mol. The van der Waals surface area contributed by atoms with E-state index in [4.69, 9.17) is 16.9 Å². The zero-order valence-corrected chi connectivity index (χ0v) is 10.3. The third kappa shape index (κ3) is 2.49. The molecule has 1 N–H and O–H groups in total. The molecule has 94 valence electrons. The fourth-order valence-electron chi connectivity index (χ4n) is 1.64. The number of halogens is 1. The van der Waals surface area contributed by atoms with Gasteiger partial charge in [0.05, 0.1) is 15.5 Å². The Morgan fingerprint density at radius 1 is 1.21 bits per heavy atom. The molecule has 5 nitrogen and oxygen atoms in total. The first kappa shape index (κ1) is 12.9. The molecule has 0 unspecified atom stereocenters. The summed E-state index contributed by atoms with van der Waals surface area (Å²) in [6, 6.07) is 10.7. The predicted molar refractivity (Wildman–Crippen MR) is 69.9 cm³/mol. The van der Waals surface area contributed by atoms with E-state index in [0.717, 1.165) is 0 Å². The number of phenols is 1. The van der Waals surface area contributed by atoms with Gasteiger partial charge in [-0.3, -0.25) is 10.1 Å². The molecular formula is C13H7ClN2O3.